The lowest BCUT2D eigenvalue weighted by atomic mass is 9.85. The number of amides is 2. The maximum absolute atomic E-state index is 14.1. The molecule has 1 heterocycles. The number of carbonyl (C=O) groups is 4. The van der Waals surface area contributed by atoms with Crippen molar-refractivity contribution in [2.75, 3.05) is 41.9 Å². The van der Waals surface area contributed by atoms with Gasteiger partial charge in [-0.2, -0.15) is 0 Å². The number of Topliss-reactive ketones (excluding diaryl/α,β-unsaturated/α-hetero) is 2. The Morgan fingerprint density at radius 3 is 1.98 bits per heavy atom. The molecule has 0 bridgehead atoms. The molecule has 0 aliphatic carbocycles. The van der Waals surface area contributed by atoms with E-state index >= 15 is 0 Å². The fourth-order valence-electron chi connectivity index (χ4n) is 8.25. The van der Waals surface area contributed by atoms with E-state index in [-0.39, 0.29) is 72.5 Å². The number of ether oxygens (including phenoxy) is 2. The first-order chi connectivity index (χ1) is 24.4. The van der Waals surface area contributed by atoms with Gasteiger partial charge in [0.1, 0.15) is 5.78 Å². The van der Waals surface area contributed by atoms with Gasteiger partial charge in [-0.3, -0.25) is 24.1 Å². The molecule has 1 aromatic carbocycles. The fraction of sp³-hybridized carbons (Fsp3) is 0.756. The standard InChI is InChI=1S/C41H69N3O8/c1-13-26(4)38(43(10)41(50)31(29(7)45)23-34(47)37(25(2)3)42(8)9)35(51-11)24-36(48)44-21-17-20-32(44)40(52-12)28(6)33(46)22-27(5)39(49)30-18-15-14-16-19-30/h14-16,18-19,25-29,31-32,35,37-40,45,49H,13,17,20-24H2,1-12H3/t26-,27-,28-,29+,31-,32-,35+,37-,38-,39+,40+/m0/s1. The molecule has 2 amide bonds. The number of likely N-dealkylation sites (N-methyl/N-ethyl adjacent to an activating group) is 2. The molecule has 1 saturated heterocycles. The zero-order valence-corrected chi connectivity index (χ0v) is 34.0. The van der Waals surface area contributed by atoms with Crippen molar-refractivity contribution >= 4 is 23.4 Å². The summed E-state index contributed by atoms with van der Waals surface area (Å²) in [6.07, 6.45) is -0.781. The lowest BCUT2D eigenvalue weighted by molar-refractivity contribution is -0.150. The second-order valence-electron chi connectivity index (χ2n) is 15.8. The summed E-state index contributed by atoms with van der Waals surface area (Å²) in [4.78, 5) is 60.4. The predicted molar refractivity (Wildman–Crippen MR) is 203 cm³/mol. The van der Waals surface area contributed by atoms with Gasteiger partial charge < -0.3 is 29.5 Å². The van der Waals surface area contributed by atoms with E-state index in [0.29, 0.717) is 19.4 Å². The van der Waals surface area contributed by atoms with Crippen molar-refractivity contribution in [3.63, 3.8) is 0 Å². The van der Waals surface area contributed by atoms with E-state index in [9.17, 15) is 29.4 Å². The van der Waals surface area contributed by atoms with Gasteiger partial charge in [0.25, 0.3) is 0 Å². The molecular formula is C41H69N3O8. The molecule has 11 heteroatoms. The molecule has 2 N–H and O–H groups in total. The maximum atomic E-state index is 14.1. The van der Waals surface area contributed by atoms with Gasteiger partial charge >= 0.3 is 0 Å². The lowest BCUT2D eigenvalue weighted by Crippen LogP contribution is -2.54. The number of likely N-dealkylation sites (tertiary alicyclic amines) is 1. The molecule has 1 aromatic rings. The molecule has 0 spiro atoms. The van der Waals surface area contributed by atoms with Crippen LogP contribution in [-0.2, 0) is 28.7 Å². The van der Waals surface area contributed by atoms with Gasteiger partial charge in [0, 0.05) is 46.6 Å². The van der Waals surface area contributed by atoms with Gasteiger partial charge in [0.05, 0.1) is 54.9 Å². The van der Waals surface area contributed by atoms with Crippen LogP contribution < -0.4 is 0 Å². The summed E-state index contributed by atoms with van der Waals surface area (Å²) < 4.78 is 11.9. The molecule has 1 aliphatic rings. The highest BCUT2D eigenvalue weighted by Crippen LogP contribution is 2.32. The van der Waals surface area contributed by atoms with Gasteiger partial charge in [-0.15, -0.1) is 0 Å². The van der Waals surface area contributed by atoms with E-state index in [4.69, 9.17) is 9.47 Å². The number of hydrogen-bond donors (Lipinski definition) is 2. The van der Waals surface area contributed by atoms with Crippen molar-refractivity contribution in [1.82, 2.24) is 14.7 Å². The largest absolute Gasteiger partial charge is 0.393 e. The summed E-state index contributed by atoms with van der Waals surface area (Å²) in [7, 11) is 8.45. The number of rotatable bonds is 22. The molecule has 11 nitrogen and oxygen atoms in total. The van der Waals surface area contributed by atoms with Crippen LogP contribution in [0, 0.1) is 29.6 Å². The second kappa shape index (κ2) is 21.3. The molecular weight excluding hydrogens is 662 g/mol. The van der Waals surface area contributed by atoms with Gasteiger partial charge in [0.15, 0.2) is 5.78 Å². The minimum Gasteiger partial charge on any atom is -0.393 e. The third kappa shape index (κ3) is 11.6. The van der Waals surface area contributed by atoms with Gasteiger partial charge in [0.2, 0.25) is 11.8 Å². The highest BCUT2D eigenvalue weighted by molar-refractivity contribution is 5.90. The topological polar surface area (TPSA) is 137 Å². The highest BCUT2D eigenvalue weighted by atomic mass is 16.5. The molecule has 1 fully saturated rings. The highest BCUT2D eigenvalue weighted by Gasteiger charge is 2.43. The average Bonchev–Trinajstić information content (AvgIpc) is 3.59. The van der Waals surface area contributed by atoms with Crippen molar-refractivity contribution in [3.8, 4) is 0 Å². The molecule has 0 aromatic heterocycles. The first kappa shape index (κ1) is 45.5. The minimum absolute atomic E-state index is 0.00696. The van der Waals surface area contributed by atoms with Crippen LogP contribution in [0.1, 0.15) is 98.7 Å². The van der Waals surface area contributed by atoms with Gasteiger partial charge in [-0.05, 0) is 57.2 Å². The molecule has 296 valence electrons. The quantitative estimate of drug-likeness (QED) is 0.173. The van der Waals surface area contributed by atoms with Gasteiger partial charge in [-0.1, -0.05) is 78.3 Å². The molecule has 1 aliphatic heterocycles. The summed E-state index contributed by atoms with van der Waals surface area (Å²) in [5.74, 6) is -2.42. The lowest BCUT2D eigenvalue weighted by Gasteiger charge is -2.40. The number of ketones is 2. The smallest absolute Gasteiger partial charge is 0.228 e. The van der Waals surface area contributed by atoms with Crippen LogP contribution in [0.5, 0.6) is 0 Å². The number of benzene rings is 1. The van der Waals surface area contributed by atoms with Crippen LogP contribution in [0.2, 0.25) is 0 Å². The third-order valence-corrected chi connectivity index (χ3v) is 11.4. The number of carbonyl (C=O) groups excluding carboxylic acids is 4. The van der Waals surface area contributed by atoms with E-state index in [1.165, 1.54) is 14.0 Å². The molecule has 52 heavy (non-hydrogen) atoms. The van der Waals surface area contributed by atoms with Crippen molar-refractivity contribution < 1.29 is 38.9 Å². The summed E-state index contributed by atoms with van der Waals surface area (Å²) in [5.41, 5.74) is 0.765. The fourth-order valence-corrected chi connectivity index (χ4v) is 8.25. The van der Waals surface area contributed by atoms with Crippen LogP contribution in [0.15, 0.2) is 30.3 Å². The average molecular weight is 732 g/mol. The minimum atomic E-state index is -1.06. The SMILES string of the molecule is CC[C@H](C)[C@@H]([C@@H](CC(=O)N1CCC[C@H]1[C@H](OC)[C@@H](C)C(=O)C[C@H](C)[C@@H](O)c1ccccc1)OC)N(C)C(=O)[C@@H](CC(=O)[C@H](C(C)C)N(C)C)[C@@H](C)O. The molecule has 11 atom stereocenters. The Hall–Kier alpha value is -2.70. The molecule has 0 radical (unpaired) electrons. The Bertz CT molecular complexity index is 1270. The number of aliphatic hydroxyl groups is 2. The first-order valence-corrected chi connectivity index (χ1v) is 19.2. The van der Waals surface area contributed by atoms with E-state index in [1.807, 2.05) is 90.9 Å². The Balaban J connectivity index is 2.25. The Morgan fingerprint density at radius 1 is 0.865 bits per heavy atom. The van der Waals surface area contributed by atoms with Crippen molar-refractivity contribution in [2.24, 2.45) is 29.6 Å². The summed E-state index contributed by atoms with van der Waals surface area (Å²) in [6.45, 7) is 13.7. The van der Waals surface area contributed by atoms with E-state index in [0.717, 1.165) is 12.0 Å². The normalized spacial score (nSPS) is 20.8. The van der Waals surface area contributed by atoms with Crippen molar-refractivity contribution in [3.05, 3.63) is 35.9 Å². The van der Waals surface area contributed by atoms with Crippen LogP contribution in [0.3, 0.4) is 0 Å². The number of methoxy groups -OCH3 is 2. The van der Waals surface area contributed by atoms with Crippen LogP contribution in [-0.4, -0.2) is 127 Å². The maximum Gasteiger partial charge on any atom is 0.228 e. The van der Waals surface area contributed by atoms with Crippen LogP contribution in [0.25, 0.3) is 0 Å². The Kier molecular flexibility index (Phi) is 18.6. The van der Waals surface area contributed by atoms with E-state index in [2.05, 4.69) is 0 Å². The van der Waals surface area contributed by atoms with E-state index in [1.54, 1.807) is 24.0 Å². The number of aliphatic hydroxyl groups excluding tert-OH is 2. The summed E-state index contributed by atoms with van der Waals surface area (Å²) in [5, 5.41) is 21.6. The third-order valence-electron chi connectivity index (χ3n) is 11.4. The van der Waals surface area contributed by atoms with Crippen molar-refractivity contribution in [2.45, 2.75) is 130 Å². The number of hydrogen-bond acceptors (Lipinski definition) is 9. The van der Waals surface area contributed by atoms with Gasteiger partial charge in [-0.25, -0.2) is 0 Å². The zero-order chi connectivity index (χ0) is 39.4. The van der Waals surface area contributed by atoms with Crippen LogP contribution >= 0.6 is 0 Å². The molecule has 0 saturated carbocycles. The number of nitrogens with zero attached hydrogens (tertiary/aromatic N) is 3. The van der Waals surface area contributed by atoms with Crippen LogP contribution in [0.4, 0.5) is 0 Å². The van der Waals surface area contributed by atoms with E-state index < -0.39 is 42.3 Å². The predicted octanol–water partition coefficient (Wildman–Crippen LogP) is 4.78. The Morgan fingerprint density at radius 2 is 1.48 bits per heavy atom. The van der Waals surface area contributed by atoms with Crippen molar-refractivity contribution in [1.29, 1.82) is 0 Å². The first-order valence-electron chi connectivity index (χ1n) is 19.2. The molecule has 2 rings (SSSR count). The molecule has 0 unspecified atom stereocenters. The zero-order valence-electron chi connectivity index (χ0n) is 34.0. The monoisotopic (exact) mass is 732 g/mol. The summed E-state index contributed by atoms with van der Waals surface area (Å²) in [6, 6.07) is 8.10. The Labute approximate surface area is 313 Å². The summed E-state index contributed by atoms with van der Waals surface area (Å²) >= 11 is 0. The second-order valence-corrected chi connectivity index (χ2v) is 15.8.